The summed E-state index contributed by atoms with van der Waals surface area (Å²) >= 11 is 0. The molecule has 3 aliphatic heterocycles. The highest BCUT2D eigenvalue weighted by atomic mass is 19.1. The van der Waals surface area contributed by atoms with Crippen LogP contribution in [0.5, 0.6) is 0 Å². The first-order valence-corrected chi connectivity index (χ1v) is 13.7. The van der Waals surface area contributed by atoms with Crippen molar-refractivity contribution in [2.75, 3.05) is 31.1 Å². The summed E-state index contributed by atoms with van der Waals surface area (Å²) in [7, 11) is 0. The van der Waals surface area contributed by atoms with Gasteiger partial charge in [0.1, 0.15) is 11.9 Å². The second kappa shape index (κ2) is 10.8. The van der Waals surface area contributed by atoms with Crippen molar-refractivity contribution in [1.29, 1.82) is 0 Å². The Morgan fingerprint density at radius 1 is 1.11 bits per heavy atom. The van der Waals surface area contributed by atoms with Gasteiger partial charge in [0.05, 0.1) is 11.3 Å². The highest BCUT2D eigenvalue weighted by Crippen LogP contribution is 2.43. The number of hydrogen-bond acceptors (Lipinski definition) is 4. The van der Waals surface area contributed by atoms with Crippen LogP contribution in [0.4, 0.5) is 10.1 Å². The molecule has 3 aliphatic rings. The molecule has 0 bridgehead atoms. The minimum absolute atomic E-state index is 0.0130. The van der Waals surface area contributed by atoms with E-state index in [0.717, 1.165) is 30.6 Å². The van der Waals surface area contributed by atoms with Crippen LogP contribution in [-0.4, -0.2) is 60.9 Å². The second-order valence-electron chi connectivity index (χ2n) is 11.3. The van der Waals surface area contributed by atoms with E-state index in [4.69, 9.17) is 0 Å². The van der Waals surface area contributed by atoms with Crippen LogP contribution in [0.25, 0.3) is 0 Å². The Morgan fingerprint density at radius 2 is 1.87 bits per heavy atom. The molecular formula is C30H37FN4O3. The van der Waals surface area contributed by atoms with Gasteiger partial charge in [-0.3, -0.25) is 14.4 Å². The molecule has 3 amide bonds. The van der Waals surface area contributed by atoms with Gasteiger partial charge in [-0.1, -0.05) is 30.3 Å². The van der Waals surface area contributed by atoms with Gasteiger partial charge in [0.15, 0.2) is 0 Å². The van der Waals surface area contributed by atoms with Gasteiger partial charge in [0, 0.05) is 37.8 Å². The number of carbonyl (C=O) groups excluding carboxylic acids is 3. The normalized spacial score (nSPS) is 22.2. The van der Waals surface area contributed by atoms with E-state index >= 15 is 0 Å². The fraction of sp³-hybridized carbons (Fsp3) is 0.500. The number of rotatable bonds is 6. The molecule has 0 saturated carbocycles. The van der Waals surface area contributed by atoms with Gasteiger partial charge in [-0.05, 0) is 75.4 Å². The second-order valence-corrected chi connectivity index (χ2v) is 11.3. The third-order valence-electron chi connectivity index (χ3n) is 8.34. The Kier molecular flexibility index (Phi) is 7.52. The number of fused-ring (bicyclic) bond motifs is 1. The Hall–Kier alpha value is -3.26. The summed E-state index contributed by atoms with van der Waals surface area (Å²) in [6.07, 6.45) is 3.26. The highest BCUT2D eigenvalue weighted by Gasteiger charge is 2.47. The average molecular weight is 521 g/mol. The first kappa shape index (κ1) is 26.4. The van der Waals surface area contributed by atoms with Crippen molar-refractivity contribution in [3.63, 3.8) is 0 Å². The zero-order valence-corrected chi connectivity index (χ0v) is 22.2. The molecule has 0 spiro atoms. The molecule has 2 aromatic carbocycles. The maximum atomic E-state index is 13.9. The standard InChI is InChI=1S/C30H37FN4O3/c1-30(2)24-10-3-4-11-26(24)35(29(30)38)23-12-15-34(16-13-23)28(37)25(18-20-7-5-9-22(31)17-20)33-27(36)21-8-6-14-32-19-21/h3-5,7,9-11,17,21,23,25,32H,6,8,12-16,18-19H2,1-2H3,(H,33,36)/t21-,25+/m1/s1. The van der Waals surface area contributed by atoms with Crippen LogP contribution in [0.2, 0.25) is 0 Å². The van der Waals surface area contributed by atoms with E-state index in [1.807, 2.05) is 43.0 Å². The van der Waals surface area contributed by atoms with Gasteiger partial charge in [0.2, 0.25) is 17.7 Å². The predicted octanol–water partition coefficient (Wildman–Crippen LogP) is 3.17. The smallest absolute Gasteiger partial charge is 0.245 e. The largest absolute Gasteiger partial charge is 0.344 e. The number of benzene rings is 2. The molecule has 2 aromatic rings. The number of anilines is 1. The van der Waals surface area contributed by atoms with Crippen molar-refractivity contribution < 1.29 is 18.8 Å². The Morgan fingerprint density at radius 3 is 2.58 bits per heavy atom. The molecule has 2 fully saturated rings. The van der Waals surface area contributed by atoms with Crippen LogP contribution in [0, 0.1) is 11.7 Å². The number of nitrogens with one attached hydrogen (secondary N) is 2. The molecule has 2 saturated heterocycles. The summed E-state index contributed by atoms with van der Waals surface area (Å²) < 4.78 is 13.9. The number of nitrogens with zero attached hydrogens (tertiary/aromatic N) is 2. The topological polar surface area (TPSA) is 81.8 Å². The van der Waals surface area contributed by atoms with Gasteiger partial charge in [-0.25, -0.2) is 4.39 Å². The maximum absolute atomic E-state index is 13.9. The lowest BCUT2D eigenvalue weighted by Crippen LogP contribution is -2.56. The monoisotopic (exact) mass is 520 g/mol. The zero-order valence-electron chi connectivity index (χ0n) is 22.2. The molecule has 38 heavy (non-hydrogen) atoms. The minimum atomic E-state index is -0.768. The minimum Gasteiger partial charge on any atom is -0.344 e. The van der Waals surface area contributed by atoms with Crippen molar-refractivity contribution in [2.45, 2.75) is 63.5 Å². The van der Waals surface area contributed by atoms with Crippen LogP contribution >= 0.6 is 0 Å². The zero-order chi connectivity index (χ0) is 26.9. The lowest BCUT2D eigenvalue weighted by atomic mass is 9.86. The third-order valence-corrected chi connectivity index (χ3v) is 8.34. The lowest BCUT2D eigenvalue weighted by Gasteiger charge is -2.39. The molecule has 8 heteroatoms. The fourth-order valence-corrected chi connectivity index (χ4v) is 6.13. The predicted molar refractivity (Wildman–Crippen MR) is 144 cm³/mol. The van der Waals surface area contributed by atoms with E-state index in [9.17, 15) is 18.8 Å². The average Bonchev–Trinajstić information content (AvgIpc) is 3.13. The number of para-hydroxylation sites is 1. The van der Waals surface area contributed by atoms with Crippen molar-refractivity contribution in [3.05, 3.63) is 65.5 Å². The van der Waals surface area contributed by atoms with Crippen LogP contribution in [0.1, 0.15) is 50.7 Å². The quantitative estimate of drug-likeness (QED) is 0.613. The van der Waals surface area contributed by atoms with Crippen molar-refractivity contribution >= 4 is 23.4 Å². The first-order valence-electron chi connectivity index (χ1n) is 13.7. The van der Waals surface area contributed by atoms with Gasteiger partial charge in [-0.2, -0.15) is 0 Å². The summed E-state index contributed by atoms with van der Waals surface area (Å²) in [4.78, 5) is 43.9. The lowest BCUT2D eigenvalue weighted by molar-refractivity contribution is -0.138. The number of carbonyl (C=O) groups is 3. The summed E-state index contributed by atoms with van der Waals surface area (Å²) in [5.74, 6) is -0.736. The van der Waals surface area contributed by atoms with Crippen LogP contribution in [0.3, 0.4) is 0 Å². The molecule has 2 atom stereocenters. The van der Waals surface area contributed by atoms with Gasteiger partial charge in [-0.15, -0.1) is 0 Å². The summed E-state index contributed by atoms with van der Waals surface area (Å²) in [5, 5.41) is 6.24. The van der Waals surface area contributed by atoms with E-state index < -0.39 is 11.5 Å². The Balaban J connectivity index is 1.28. The van der Waals surface area contributed by atoms with E-state index in [0.29, 0.717) is 38.0 Å². The number of halogens is 1. The Bertz CT molecular complexity index is 1200. The van der Waals surface area contributed by atoms with E-state index in [-0.39, 0.29) is 41.9 Å². The summed E-state index contributed by atoms with van der Waals surface area (Å²) in [6, 6.07) is 13.4. The molecule has 0 aromatic heterocycles. The van der Waals surface area contributed by atoms with Crippen molar-refractivity contribution in [1.82, 2.24) is 15.5 Å². The number of amides is 3. The maximum Gasteiger partial charge on any atom is 0.245 e. The van der Waals surface area contributed by atoms with Crippen LogP contribution in [-0.2, 0) is 26.2 Å². The molecule has 202 valence electrons. The molecule has 2 N–H and O–H groups in total. The number of hydrogen-bond donors (Lipinski definition) is 2. The Labute approximate surface area is 223 Å². The number of likely N-dealkylation sites (tertiary alicyclic amines) is 1. The molecule has 5 rings (SSSR count). The molecule has 0 aliphatic carbocycles. The number of piperidine rings is 2. The SMILES string of the molecule is CC1(C)C(=O)N(C2CCN(C(=O)[C@H](Cc3cccc(F)c3)NC(=O)[C@@H]3CCCNC3)CC2)c2ccccc21. The van der Waals surface area contributed by atoms with Gasteiger partial charge >= 0.3 is 0 Å². The fourth-order valence-electron chi connectivity index (χ4n) is 6.13. The molecular weight excluding hydrogens is 483 g/mol. The van der Waals surface area contributed by atoms with Gasteiger partial charge in [0.25, 0.3) is 0 Å². The molecule has 7 nitrogen and oxygen atoms in total. The summed E-state index contributed by atoms with van der Waals surface area (Å²) in [6.45, 7) is 6.42. The van der Waals surface area contributed by atoms with Crippen LogP contribution in [0.15, 0.2) is 48.5 Å². The highest BCUT2D eigenvalue weighted by molar-refractivity contribution is 6.08. The van der Waals surface area contributed by atoms with Gasteiger partial charge < -0.3 is 20.4 Å². The molecule has 0 radical (unpaired) electrons. The van der Waals surface area contributed by atoms with E-state index in [1.54, 1.807) is 17.0 Å². The van der Waals surface area contributed by atoms with Crippen molar-refractivity contribution in [2.24, 2.45) is 5.92 Å². The van der Waals surface area contributed by atoms with Crippen LogP contribution < -0.4 is 15.5 Å². The summed E-state index contributed by atoms with van der Waals surface area (Å²) in [5.41, 5.74) is 2.10. The first-order chi connectivity index (χ1) is 18.3. The van der Waals surface area contributed by atoms with Crippen molar-refractivity contribution in [3.8, 4) is 0 Å². The molecule has 3 heterocycles. The third kappa shape index (κ3) is 5.19. The van der Waals surface area contributed by atoms with E-state index in [2.05, 4.69) is 10.6 Å². The molecule has 0 unspecified atom stereocenters. The van der Waals surface area contributed by atoms with E-state index in [1.165, 1.54) is 12.1 Å².